The Labute approximate surface area is 170 Å². The SMILES string of the molecule is COCc1nn2c(c1-c1ccccc1)NC(=O)CC2C(=O)Nc1ccc(F)c(F)c1. The molecular weight excluding hydrogens is 394 g/mol. The van der Waals surface area contributed by atoms with Gasteiger partial charge >= 0.3 is 0 Å². The highest BCUT2D eigenvalue weighted by Gasteiger charge is 2.35. The smallest absolute Gasteiger partial charge is 0.249 e. The summed E-state index contributed by atoms with van der Waals surface area (Å²) in [4.78, 5) is 25.3. The fourth-order valence-corrected chi connectivity index (χ4v) is 3.42. The first-order valence-electron chi connectivity index (χ1n) is 9.19. The van der Waals surface area contributed by atoms with E-state index in [2.05, 4.69) is 15.7 Å². The Bertz CT molecular complexity index is 1110. The second-order valence-electron chi connectivity index (χ2n) is 6.80. The normalized spacial score (nSPS) is 15.4. The lowest BCUT2D eigenvalue weighted by atomic mass is 10.0. The highest BCUT2D eigenvalue weighted by atomic mass is 19.2. The van der Waals surface area contributed by atoms with Crippen molar-refractivity contribution in [2.45, 2.75) is 19.1 Å². The van der Waals surface area contributed by atoms with Gasteiger partial charge in [0.25, 0.3) is 0 Å². The summed E-state index contributed by atoms with van der Waals surface area (Å²) in [5, 5.41) is 9.82. The second kappa shape index (κ2) is 8.03. The summed E-state index contributed by atoms with van der Waals surface area (Å²) >= 11 is 0. The minimum atomic E-state index is -1.08. The average molecular weight is 412 g/mol. The first kappa shape index (κ1) is 19.7. The number of ether oxygens (including phenoxy) is 1. The molecule has 3 aromatic rings. The van der Waals surface area contributed by atoms with Crippen molar-refractivity contribution in [2.24, 2.45) is 0 Å². The Kier molecular flexibility index (Phi) is 5.28. The maximum atomic E-state index is 13.5. The molecule has 9 heteroatoms. The molecule has 7 nitrogen and oxygen atoms in total. The highest BCUT2D eigenvalue weighted by Crippen LogP contribution is 2.37. The fourth-order valence-electron chi connectivity index (χ4n) is 3.42. The number of carbonyl (C=O) groups excluding carboxylic acids is 2. The first-order chi connectivity index (χ1) is 14.5. The Morgan fingerprint density at radius 2 is 2.00 bits per heavy atom. The van der Waals surface area contributed by atoms with E-state index in [9.17, 15) is 18.4 Å². The van der Waals surface area contributed by atoms with Crippen LogP contribution in [0.1, 0.15) is 18.2 Å². The van der Waals surface area contributed by atoms with Gasteiger partial charge in [0.1, 0.15) is 11.9 Å². The van der Waals surface area contributed by atoms with Crippen molar-refractivity contribution >= 4 is 23.3 Å². The van der Waals surface area contributed by atoms with Crippen LogP contribution in [-0.2, 0) is 20.9 Å². The summed E-state index contributed by atoms with van der Waals surface area (Å²) in [6.45, 7) is 0.178. The number of aromatic nitrogens is 2. The summed E-state index contributed by atoms with van der Waals surface area (Å²) in [5.74, 6) is -2.63. The predicted molar refractivity (Wildman–Crippen MR) is 106 cm³/mol. The number of amides is 2. The molecule has 0 aliphatic carbocycles. The topological polar surface area (TPSA) is 85.2 Å². The molecule has 0 fully saturated rings. The van der Waals surface area contributed by atoms with Crippen LogP contribution in [0.5, 0.6) is 0 Å². The lowest BCUT2D eigenvalue weighted by Gasteiger charge is -2.24. The zero-order chi connectivity index (χ0) is 21.3. The minimum Gasteiger partial charge on any atom is -0.378 e. The maximum absolute atomic E-state index is 13.5. The van der Waals surface area contributed by atoms with E-state index in [1.807, 2.05) is 30.3 Å². The molecule has 0 radical (unpaired) electrons. The number of rotatable bonds is 5. The van der Waals surface area contributed by atoms with E-state index in [1.54, 1.807) is 0 Å². The molecule has 30 heavy (non-hydrogen) atoms. The Morgan fingerprint density at radius 1 is 1.23 bits per heavy atom. The number of benzene rings is 2. The number of nitrogens with zero attached hydrogens (tertiary/aromatic N) is 2. The predicted octanol–water partition coefficient (Wildman–Crippen LogP) is 3.50. The van der Waals surface area contributed by atoms with Crippen LogP contribution in [0.25, 0.3) is 11.1 Å². The van der Waals surface area contributed by atoms with Crippen molar-refractivity contribution in [2.75, 3.05) is 17.7 Å². The van der Waals surface area contributed by atoms with Crippen LogP contribution in [0.2, 0.25) is 0 Å². The van der Waals surface area contributed by atoms with Crippen LogP contribution in [0, 0.1) is 11.6 Å². The van der Waals surface area contributed by atoms with Gasteiger partial charge in [-0.25, -0.2) is 13.5 Å². The molecule has 4 rings (SSSR count). The van der Waals surface area contributed by atoms with Crippen LogP contribution in [0.15, 0.2) is 48.5 Å². The van der Waals surface area contributed by atoms with Gasteiger partial charge in [0.2, 0.25) is 11.8 Å². The van der Waals surface area contributed by atoms with E-state index in [0.717, 1.165) is 17.7 Å². The lowest BCUT2D eigenvalue weighted by molar-refractivity contribution is -0.125. The van der Waals surface area contributed by atoms with E-state index >= 15 is 0 Å². The molecule has 1 unspecified atom stereocenters. The molecule has 154 valence electrons. The number of halogens is 2. The molecule has 0 bridgehead atoms. The van der Waals surface area contributed by atoms with Gasteiger partial charge < -0.3 is 15.4 Å². The summed E-state index contributed by atoms with van der Waals surface area (Å²) in [7, 11) is 1.53. The molecule has 2 heterocycles. The van der Waals surface area contributed by atoms with Gasteiger partial charge in [0.15, 0.2) is 11.6 Å². The van der Waals surface area contributed by atoms with Crippen molar-refractivity contribution in [3.05, 3.63) is 65.9 Å². The summed E-state index contributed by atoms with van der Waals surface area (Å²) in [6.07, 6.45) is -0.148. The van der Waals surface area contributed by atoms with Crippen LogP contribution in [-0.4, -0.2) is 28.7 Å². The Hall–Kier alpha value is -3.59. The summed E-state index contributed by atoms with van der Waals surface area (Å²) < 4.78 is 33.3. The first-order valence-corrected chi connectivity index (χ1v) is 9.19. The van der Waals surface area contributed by atoms with Crippen molar-refractivity contribution in [3.63, 3.8) is 0 Å². The second-order valence-corrected chi connectivity index (χ2v) is 6.80. The van der Waals surface area contributed by atoms with E-state index in [-0.39, 0.29) is 24.6 Å². The van der Waals surface area contributed by atoms with E-state index in [4.69, 9.17) is 4.74 Å². The van der Waals surface area contributed by atoms with Crippen molar-refractivity contribution < 1.29 is 23.1 Å². The molecule has 2 aromatic carbocycles. The Balaban J connectivity index is 1.73. The largest absolute Gasteiger partial charge is 0.378 e. The molecular formula is C21H18F2N4O3. The van der Waals surface area contributed by atoms with Gasteiger partial charge in [0, 0.05) is 24.4 Å². The van der Waals surface area contributed by atoms with Crippen LogP contribution in [0.3, 0.4) is 0 Å². The number of anilines is 2. The molecule has 2 amide bonds. The molecule has 2 N–H and O–H groups in total. The van der Waals surface area contributed by atoms with Gasteiger partial charge in [-0.2, -0.15) is 5.10 Å². The minimum absolute atomic E-state index is 0.0824. The maximum Gasteiger partial charge on any atom is 0.249 e. The third-order valence-corrected chi connectivity index (χ3v) is 4.75. The van der Waals surface area contributed by atoms with Gasteiger partial charge in [0.05, 0.1) is 18.7 Å². The number of carbonyl (C=O) groups is 2. The Morgan fingerprint density at radius 3 is 2.70 bits per heavy atom. The zero-order valence-corrected chi connectivity index (χ0v) is 16.0. The molecule has 1 aliphatic rings. The third-order valence-electron chi connectivity index (χ3n) is 4.75. The molecule has 0 saturated heterocycles. The summed E-state index contributed by atoms with van der Waals surface area (Å²) in [6, 6.07) is 11.4. The van der Waals surface area contributed by atoms with E-state index < -0.39 is 23.6 Å². The van der Waals surface area contributed by atoms with Gasteiger partial charge in [-0.15, -0.1) is 0 Å². The molecule has 1 atom stereocenters. The van der Waals surface area contributed by atoms with E-state index in [0.29, 0.717) is 17.1 Å². The van der Waals surface area contributed by atoms with Crippen LogP contribution >= 0.6 is 0 Å². The van der Waals surface area contributed by atoms with Crippen molar-refractivity contribution in [3.8, 4) is 11.1 Å². The number of hydrogen-bond acceptors (Lipinski definition) is 4. The lowest BCUT2D eigenvalue weighted by Crippen LogP contribution is -2.36. The van der Waals surface area contributed by atoms with Crippen molar-refractivity contribution in [1.82, 2.24) is 9.78 Å². The number of nitrogens with one attached hydrogen (secondary N) is 2. The van der Waals surface area contributed by atoms with E-state index in [1.165, 1.54) is 17.9 Å². The number of methoxy groups -OCH3 is 1. The monoisotopic (exact) mass is 412 g/mol. The summed E-state index contributed by atoms with van der Waals surface area (Å²) in [5.41, 5.74) is 2.12. The van der Waals surface area contributed by atoms with Gasteiger partial charge in [-0.05, 0) is 17.7 Å². The zero-order valence-electron chi connectivity index (χ0n) is 16.0. The van der Waals surface area contributed by atoms with Gasteiger partial charge in [-0.3, -0.25) is 9.59 Å². The van der Waals surface area contributed by atoms with Gasteiger partial charge in [-0.1, -0.05) is 30.3 Å². The quantitative estimate of drug-likeness (QED) is 0.672. The molecule has 0 spiro atoms. The standard InChI is InChI=1S/C21H18F2N4O3/c1-30-11-16-19(12-5-3-2-4-6-12)20-25-18(28)10-17(27(20)26-16)21(29)24-13-7-8-14(22)15(23)9-13/h2-9,17H,10-11H2,1H3,(H,24,29)(H,25,28). The number of fused-ring (bicyclic) bond motifs is 1. The number of hydrogen-bond donors (Lipinski definition) is 2. The van der Waals surface area contributed by atoms with Crippen LogP contribution < -0.4 is 10.6 Å². The fraction of sp³-hybridized carbons (Fsp3) is 0.190. The average Bonchev–Trinajstić information content (AvgIpc) is 3.08. The molecule has 1 aromatic heterocycles. The third kappa shape index (κ3) is 3.67. The highest BCUT2D eigenvalue weighted by molar-refractivity contribution is 6.03. The molecule has 0 saturated carbocycles. The van der Waals surface area contributed by atoms with Crippen LogP contribution in [0.4, 0.5) is 20.3 Å². The van der Waals surface area contributed by atoms with Crippen molar-refractivity contribution in [1.29, 1.82) is 0 Å². The molecule has 1 aliphatic heterocycles.